The van der Waals surface area contributed by atoms with Gasteiger partial charge in [-0.15, -0.1) is 0 Å². The second-order valence-corrected chi connectivity index (χ2v) is 22.9. The van der Waals surface area contributed by atoms with E-state index in [-0.39, 0.29) is 12.5 Å². The third-order valence-corrected chi connectivity index (χ3v) is 15.4. The van der Waals surface area contributed by atoms with Gasteiger partial charge in [-0.25, -0.2) is 0 Å². The summed E-state index contributed by atoms with van der Waals surface area (Å²) in [6.07, 6.45) is 95.5. The number of unbranched alkanes of at least 4 members (excludes halogenated alkanes) is 45. The molecule has 4 heteroatoms. The van der Waals surface area contributed by atoms with E-state index in [4.69, 9.17) is 0 Å². The van der Waals surface area contributed by atoms with E-state index in [9.17, 15) is 15.0 Å². The van der Waals surface area contributed by atoms with Crippen LogP contribution in [0, 0.1) is 0 Å². The van der Waals surface area contributed by atoms with E-state index in [1.165, 1.54) is 276 Å². The molecule has 0 bridgehead atoms. The third kappa shape index (κ3) is 62.6. The highest BCUT2D eigenvalue weighted by atomic mass is 16.3. The summed E-state index contributed by atoms with van der Waals surface area (Å²) in [6.45, 7) is 4.23. The standard InChI is InChI=1S/C71H131NO3/c1-3-5-7-9-11-13-15-17-19-21-23-25-27-29-31-32-33-34-35-36-37-38-39-40-41-43-45-47-49-51-53-55-57-59-61-63-65-67-71(75)72-69(68-73)70(74)66-64-62-60-58-56-54-52-50-48-46-44-42-30-28-26-24-22-20-18-16-14-12-10-8-6-4-2/h5,7,11,13,17,19,23,25,29,31,64,66,69-70,73-74H,3-4,6,8-10,12,14-16,18,20-22,24,26-28,30,32-63,65,67-68H2,1-2H3,(H,72,75)/b7-5-,13-11-,19-17-,25-23-,31-29-,66-64+. The van der Waals surface area contributed by atoms with Gasteiger partial charge in [0.25, 0.3) is 0 Å². The van der Waals surface area contributed by atoms with E-state index in [1.807, 2.05) is 6.08 Å². The Hall–Kier alpha value is -2.17. The summed E-state index contributed by atoms with van der Waals surface area (Å²) < 4.78 is 0. The van der Waals surface area contributed by atoms with E-state index < -0.39 is 12.1 Å². The van der Waals surface area contributed by atoms with Gasteiger partial charge in [-0.05, 0) is 64.2 Å². The monoisotopic (exact) mass is 1050 g/mol. The van der Waals surface area contributed by atoms with Crippen molar-refractivity contribution >= 4 is 5.91 Å². The lowest BCUT2D eigenvalue weighted by molar-refractivity contribution is -0.123. The van der Waals surface area contributed by atoms with E-state index in [2.05, 4.69) is 79.9 Å². The van der Waals surface area contributed by atoms with Crippen molar-refractivity contribution in [3.05, 3.63) is 72.9 Å². The summed E-state index contributed by atoms with van der Waals surface area (Å²) in [6, 6.07) is -0.624. The topological polar surface area (TPSA) is 69.6 Å². The quantitative estimate of drug-likeness (QED) is 0.0420. The minimum Gasteiger partial charge on any atom is -0.394 e. The maximum absolute atomic E-state index is 12.5. The van der Waals surface area contributed by atoms with Crippen molar-refractivity contribution in [1.82, 2.24) is 5.32 Å². The van der Waals surface area contributed by atoms with Crippen molar-refractivity contribution in [2.45, 2.75) is 366 Å². The fourth-order valence-corrected chi connectivity index (χ4v) is 10.4. The van der Waals surface area contributed by atoms with Crippen LogP contribution >= 0.6 is 0 Å². The molecule has 2 unspecified atom stereocenters. The second kappa shape index (κ2) is 66.1. The van der Waals surface area contributed by atoms with Gasteiger partial charge in [-0.1, -0.05) is 356 Å². The van der Waals surface area contributed by atoms with Crippen LogP contribution in [0.5, 0.6) is 0 Å². The van der Waals surface area contributed by atoms with Crippen LogP contribution < -0.4 is 5.32 Å². The van der Waals surface area contributed by atoms with Crippen LogP contribution in [0.25, 0.3) is 0 Å². The highest BCUT2D eigenvalue weighted by Gasteiger charge is 2.18. The molecule has 0 aliphatic heterocycles. The molecule has 0 spiro atoms. The minimum atomic E-state index is -0.841. The molecule has 438 valence electrons. The number of aliphatic hydroxyl groups is 2. The predicted molar refractivity (Wildman–Crippen MR) is 336 cm³/mol. The zero-order valence-electron chi connectivity index (χ0n) is 50.6. The van der Waals surface area contributed by atoms with Crippen LogP contribution in [0.4, 0.5) is 0 Å². The normalized spacial score (nSPS) is 13.2. The number of rotatable bonds is 62. The predicted octanol–water partition coefficient (Wildman–Crippen LogP) is 22.9. The molecule has 0 aromatic carbocycles. The molecule has 4 nitrogen and oxygen atoms in total. The molecule has 3 N–H and O–H groups in total. The highest BCUT2D eigenvalue weighted by Crippen LogP contribution is 2.18. The Bertz CT molecular complexity index is 1280. The summed E-state index contributed by atoms with van der Waals surface area (Å²) in [4.78, 5) is 12.5. The number of carbonyl (C=O) groups is 1. The van der Waals surface area contributed by atoms with Crippen LogP contribution in [-0.4, -0.2) is 34.9 Å². The number of allylic oxidation sites excluding steroid dienone is 11. The first-order valence-corrected chi connectivity index (χ1v) is 33.7. The highest BCUT2D eigenvalue weighted by molar-refractivity contribution is 5.76. The molecule has 0 aromatic rings. The molecule has 0 aliphatic rings. The molecule has 0 rings (SSSR count). The van der Waals surface area contributed by atoms with Gasteiger partial charge in [0.2, 0.25) is 5.91 Å². The zero-order chi connectivity index (χ0) is 54.1. The fourth-order valence-electron chi connectivity index (χ4n) is 10.4. The Morgan fingerprint density at radius 1 is 0.333 bits per heavy atom. The third-order valence-electron chi connectivity index (χ3n) is 15.4. The van der Waals surface area contributed by atoms with E-state index in [1.54, 1.807) is 6.08 Å². The maximum atomic E-state index is 12.5. The Morgan fingerprint density at radius 2 is 0.587 bits per heavy atom. The smallest absolute Gasteiger partial charge is 0.220 e. The zero-order valence-corrected chi connectivity index (χ0v) is 50.6. The molecule has 2 atom stereocenters. The molecule has 0 saturated carbocycles. The Labute approximate surface area is 469 Å². The molecular weight excluding hydrogens is 915 g/mol. The van der Waals surface area contributed by atoms with Gasteiger partial charge < -0.3 is 15.5 Å². The largest absolute Gasteiger partial charge is 0.394 e. The lowest BCUT2D eigenvalue weighted by Crippen LogP contribution is -2.45. The van der Waals surface area contributed by atoms with Crippen molar-refractivity contribution in [2.24, 2.45) is 0 Å². The first-order valence-electron chi connectivity index (χ1n) is 33.7. The summed E-state index contributed by atoms with van der Waals surface area (Å²) >= 11 is 0. The van der Waals surface area contributed by atoms with E-state index >= 15 is 0 Å². The van der Waals surface area contributed by atoms with Gasteiger partial charge in [0.1, 0.15) is 0 Å². The van der Waals surface area contributed by atoms with Crippen molar-refractivity contribution in [3.63, 3.8) is 0 Å². The molecular formula is C71H131NO3. The molecule has 0 radical (unpaired) electrons. The molecule has 0 aromatic heterocycles. The first-order chi connectivity index (χ1) is 37.2. The SMILES string of the molecule is CC/C=C\C/C=C\C/C=C\C/C=C\C/C=C\CCCCCCCCCCCCCCCCCCCCCCCC(=O)NC(CO)C(O)/C=C/CCCCCCCCCCCCCCCCCCCCCCCCCC. The van der Waals surface area contributed by atoms with Crippen molar-refractivity contribution in [2.75, 3.05) is 6.61 Å². The van der Waals surface area contributed by atoms with Gasteiger partial charge >= 0.3 is 0 Å². The Morgan fingerprint density at radius 3 is 0.880 bits per heavy atom. The minimum absolute atomic E-state index is 0.0583. The summed E-state index contributed by atoms with van der Waals surface area (Å²) in [5.74, 6) is -0.0583. The molecule has 75 heavy (non-hydrogen) atoms. The maximum Gasteiger partial charge on any atom is 0.220 e. The Balaban J connectivity index is 3.44. The lowest BCUT2D eigenvalue weighted by Gasteiger charge is -2.20. The number of hydrogen-bond donors (Lipinski definition) is 3. The van der Waals surface area contributed by atoms with Gasteiger partial charge in [0, 0.05) is 6.42 Å². The number of aliphatic hydroxyl groups excluding tert-OH is 2. The average Bonchev–Trinajstić information content (AvgIpc) is 3.41. The van der Waals surface area contributed by atoms with Crippen LogP contribution in [0.1, 0.15) is 354 Å². The van der Waals surface area contributed by atoms with Crippen molar-refractivity contribution < 1.29 is 15.0 Å². The molecule has 0 heterocycles. The molecule has 1 amide bonds. The van der Waals surface area contributed by atoms with Crippen molar-refractivity contribution in [1.29, 1.82) is 0 Å². The second-order valence-electron chi connectivity index (χ2n) is 22.9. The van der Waals surface area contributed by atoms with Crippen LogP contribution in [-0.2, 0) is 4.79 Å². The number of nitrogens with one attached hydrogen (secondary N) is 1. The molecule has 0 aliphatic carbocycles. The van der Waals surface area contributed by atoms with Crippen LogP contribution in [0.3, 0.4) is 0 Å². The van der Waals surface area contributed by atoms with Gasteiger partial charge in [-0.3, -0.25) is 4.79 Å². The summed E-state index contributed by atoms with van der Waals surface area (Å²) in [5.41, 5.74) is 0. The molecule has 0 saturated heterocycles. The summed E-state index contributed by atoms with van der Waals surface area (Å²) in [5, 5.41) is 23.3. The number of hydrogen-bond acceptors (Lipinski definition) is 3. The van der Waals surface area contributed by atoms with Gasteiger partial charge in [0.15, 0.2) is 0 Å². The summed E-state index contributed by atoms with van der Waals surface area (Å²) in [7, 11) is 0. The van der Waals surface area contributed by atoms with Gasteiger partial charge in [-0.2, -0.15) is 0 Å². The molecule has 0 fully saturated rings. The fraction of sp³-hybridized carbons (Fsp3) is 0.817. The van der Waals surface area contributed by atoms with E-state index in [0.717, 1.165) is 57.8 Å². The lowest BCUT2D eigenvalue weighted by atomic mass is 10.0. The Kier molecular flexibility index (Phi) is 64.2. The van der Waals surface area contributed by atoms with Gasteiger partial charge in [0.05, 0.1) is 18.8 Å². The van der Waals surface area contributed by atoms with Crippen molar-refractivity contribution in [3.8, 4) is 0 Å². The van der Waals surface area contributed by atoms with E-state index in [0.29, 0.717) is 6.42 Å². The van der Waals surface area contributed by atoms with Crippen LogP contribution in [0.15, 0.2) is 72.9 Å². The first kappa shape index (κ1) is 72.8. The van der Waals surface area contributed by atoms with Crippen LogP contribution in [0.2, 0.25) is 0 Å². The number of amides is 1. The number of carbonyl (C=O) groups excluding carboxylic acids is 1. The average molecular weight is 1050 g/mol.